The minimum absolute atomic E-state index is 0.196. The summed E-state index contributed by atoms with van der Waals surface area (Å²) in [5.74, 6) is 0.264. The van der Waals surface area contributed by atoms with Gasteiger partial charge in [-0.2, -0.15) is 13.2 Å². The van der Waals surface area contributed by atoms with E-state index in [1.165, 1.54) is 24.1 Å². The van der Waals surface area contributed by atoms with Crippen LogP contribution in [-0.2, 0) is 0 Å². The summed E-state index contributed by atoms with van der Waals surface area (Å²) in [6, 6.07) is 2.51. The van der Waals surface area contributed by atoms with Crippen LogP contribution in [-0.4, -0.2) is 29.7 Å². The van der Waals surface area contributed by atoms with Gasteiger partial charge in [-0.25, -0.2) is 4.98 Å². The summed E-state index contributed by atoms with van der Waals surface area (Å²) >= 11 is 0. The Labute approximate surface area is 95.0 Å². The van der Waals surface area contributed by atoms with E-state index < -0.39 is 17.5 Å². The van der Waals surface area contributed by atoms with Crippen molar-refractivity contribution in [1.29, 1.82) is 0 Å². The third kappa shape index (κ3) is 4.25. The van der Waals surface area contributed by atoms with Crippen molar-refractivity contribution in [1.82, 2.24) is 4.98 Å². The molecule has 0 radical (unpaired) electrons. The molecule has 0 amide bonds. The second-order valence-electron chi connectivity index (χ2n) is 3.42. The van der Waals surface area contributed by atoms with Crippen LogP contribution in [0.15, 0.2) is 18.3 Å². The predicted octanol–water partition coefficient (Wildman–Crippen LogP) is 2.38. The Morgan fingerprint density at radius 3 is 2.53 bits per heavy atom. The zero-order valence-electron chi connectivity index (χ0n) is 8.94. The van der Waals surface area contributed by atoms with Gasteiger partial charge in [0.25, 0.3) is 5.69 Å². The van der Waals surface area contributed by atoms with Crippen molar-refractivity contribution in [2.24, 2.45) is 0 Å². The highest BCUT2D eigenvalue weighted by Crippen LogP contribution is 2.21. The van der Waals surface area contributed by atoms with E-state index in [1.54, 1.807) is 0 Å². The molecule has 94 valence electrons. The molecule has 0 unspecified atom stereocenters. The molecule has 0 aliphatic heterocycles. The molecule has 1 aromatic rings. The van der Waals surface area contributed by atoms with E-state index in [0.29, 0.717) is 0 Å². The van der Waals surface area contributed by atoms with Crippen molar-refractivity contribution in [2.45, 2.75) is 12.6 Å². The standard InChI is InChI=1S/C9H10F3N3O2/c1-14(5-4-9(10,11)12)8-3-2-7(6-13-8)15(16)17/h2-3,6H,4-5H2,1H3. The monoisotopic (exact) mass is 249 g/mol. The largest absolute Gasteiger partial charge is 0.390 e. The number of hydrogen-bond acceptors (Lipinski definition) is 4. The summed E-state index contributed by atoms with van der Waals surface area (Å²) in [4.78, 5) is 14.7. The predicted molar refractivity (Wildman–Crippen MR) is 54.8 cm³/mol. The molecule has 0 aliphatic rings. The van der Waals surface area contributed by atoms with Gasteiger partial charge in [0.05, 0.1) is 11.3 Å². The minimum Gasteiger partial charge on any atom is -0.359 e. The van der Waals surface area contributed by atoms with Crippen molar-refractivity contribution in [3.8, 4) is 0 Å². The Morgan fingerprint density at radius 2 is 2.12 bits per heavy atom. The van der Waals surface area contributed by atoms with Gasteiger partial charge in [0.15, 0.2) is 0 Å². The van der Waals surface area contributed by atoms with Crippen LogP contribution in [0.5, 0.6) is 0 Å². The summed E-state index contributed by atoms with van der Waals surface area (Å²) in [6.45, 7) is -0.242. The third-order valence-corrected chi connectivity index (χ3v) is 2.06. The maximum atomic E-state index is 12.0. The highest BCUT2D eigenvalue weighted by atomic mass is 19.4. The van der Waals surface area contributed by atoms with E-state index in [1.807, 2.05) is 0 Å². The van der Waals surface area contributed by atoms with Gasteiger partial charge in [-0.15, -0.1) is 0 Å². The first-order valence-electron chi connectivity index (χ1n) is 4.68. The van der Waals surface area contributed by atoms with Crippen LogP contribution in [0.2, 0.25) is 0 Å². The van der Waals surface area contributed by atoms with Gasteiger partial charge >= 0.3 is 6.18 Å². The second kappa shape index (κ2) is 4.98. The van der Waals surface area contributed by atoms with Gasteiger partial charge < -0.3 is 4.90 Å². The topological polar surface area (TPSA) is 59.3 Å². The average molecular weight is 249 g/mol. The van der Waals surface area contributed by atoms with Gasteiger partial charge in [-0.1, -0.05) is 0 Å². The first-order chi connectivity index (χ1) is 7.79. The molecule has 0 fully saturated rings. The lowest BCUT2D eigenvalue weighted by Crippen LogP contribution is -2.24. The molecule has 0 atom stereocenters. The van der Waals surface area contributed by atoms with Gasteiger partial charge in [-0.3, -0.25) is 10.1 Å². The normalized spacial score (nSPS) is 11.3. The van der Waals surface area contributed by atoms with Crippen molar-refractivity contribution < 1.29 is 18.1 Å². The van der Waals surface area contributed by atoms with E-state index in [4.69, 9.17) is 0 Å². The zero-order chi connectivity index (χ0) is 13.1. The number of rotatable bonds is 4. The Hall–Kier alpha value is -1.86. The van der Waals surface area contributed by atoms with Gasteiger partial charge in [0.2, 0.25) is 0 Å². The zero-order valence-corrected chi connectivity index (χ0v) is 8.94. The Bertz CT molecular complexity index is 391. The molecule has 0 bridgehead atoms. The fourth-order valence-corrected chi connectivity index (χ4v) is 1.12. The first-order valence-corrected chi connectivity index (χ1v) is 4.68. The van der Waals surface area contributed by atoms with Crippen LogP contribution < -0.4 is 4.90 Å². The van der Waals surface area contributed by atoms with Crippen molar-refractivity contribution in [3.63, 3.8) is 0 Å². The third-order valence-electron chi connectivity index (χ3n) is 2.06. The molecule has 0 saturated carbocycles. The van der Waals surface area contributed by atoms with E-state index in [2.05, 4.69) is 4.98 Å². The fraction of sp³-hybridized carbons (Fsp3) is 0.444. The van der Waals surface area contributed by atoms with Crippen LogP contribution in [0.3, 0.4) is 0 Å². The lowest BCUT2D eigenvalue weighted by molar-refractivity contribution is -0.385. The second-order valence-corrected chi connectivity index (χ2v) is 3.42. The molecule has 1 aromatic heterocycles. The van der Waals surface area contributed by atoms with Crippen LogP contribution in [0.4, 0.5) is 24.7 Å². The molecule has 0 aliphatic carbocycles. The van der Waals surface area contributed by atoms with Gasteiger partial charge in [-0.05, 0) is 6.07 Å². The summed E-state index contributed by atoms with van der Waals surface area (Å²) < 4.78 is 35.9. The Balaban J connectivity index is 2.63. The van der Waals surface area contributed by atoms with Gasteiger partial charge in [0, 0.05) is 19.7 Å². The fourth-order valence-electron chi connectivity index (χ4n) is 1.12. The molecular weight excluding hydrogens is 239 g/mol. The summed E-state index contributed by atoms with van der Waals surface area (Å²) in [7, 11) is 1.44. The Morgan fingerprint density at radius 1 is 1.47 bits per heavy atom. The highest BCUT2D eigenvalue weighted by Gasteiger charge is 2.27. The van der Waals surface area contributed by atoms with Gasteiger partial charge in [0.1, 0.15) is 12.0 Å². The molecular formula is C9H10F3N3O2. The number of aromatic nitrogens is 1. The number of pyridine rings is 1. The van der Waals surface area contributed by atoms with E-state index in [9.17, 15) is 23.3 Å². The lowest BCUT2D eigenvalue weighted by atomic mass is 10.3. The molecule has 8 heteroatoms. The van der Waals surface area contributed by atoms with Crippen LogP contribution in [0, 0.1) is 10.1 Å². The van der Waals surface area contributed by atoms with E-state index >= 15 is 0 Å². The van der Waals surface area contributed by atoms with Crippen molar-refractivity contribution >= 4 is 11.5 Å². The molecule has 0 spiro atoms. The molecule has 0 N–H and O–H groups in total. The van der Waals surface area contributed by atoms with Crippen molar-refractivity contribution in [3.05, 3.63) is 28.4 Å². The minimum atomic E-state index is -4.23. The molecule has 1 heterocycles. The summed E-state index contributed by atoms with van der Waals surface area (Å²) in [6.07, 6.45) is -4.17. The lowest BCUT2D eigenvalue weighted by Gasteiger charge is -2.18. The van der Waals surface area contributed by atoms with Crippen molar-refractivity contribution in [2.75, 3.05) is 18.5 Å². The SMILES string of the molecule is CN(CCC(F)(F)F)c1ccc([N+](=O)[O-])cn1. The van der Waals surface area contributed by atoms with E-state index in [-0.39, 0.29) is 18.1 Å². The van der Waals surface area contributed by atoms with Crippen LogP contribution >= 0.6 is 0 Å². The number of nitro groups is 1. The average Bonchev–Trinajstić information content (AvgIpc) is 2.25. The smallest absolute Gasteiger partial charge is 0.359 e. The number of alkyl halides is 3. The van der Waals surface area contributed by atoms with Crippen LogP contribution in [0.25, 0.3) is 0 Å². The molecule has 5 nitrogen and oxygen atoms in total. The first kappa shape index (κ1) is 13.2. The molecule has 0 saturated heterocycles. The number of nitrogens with zero attached hydrogens (tertiary/aromatic N) is 3. The maximum absolute atomic E-state index is 12.0. The number of anilines is 1. The number of hydrogen-bond donors (Lipinski definition) is 0. The molecule has 1 rings (SSSR count). The molecule has 0 aromatic carbocycles. The Kier molecular flexibility index (Phi) is 3.87. The molecule has 17 heavy (non-hydrogen) atoms. The quantitative estimate of drug-likeness (QED) is 0.607. The maximum Gasteiger partial charge on any atom is 0.390 e. The summed E-state index contributed by atoms with van der Waals surface area (Å²) in [5, 5.41) is 10.3. The number of halogens is 3. The van der Waals surface area contributed by atoms with E-state index in [0.717, 1.165) is 6.20 Å². The summed E-state index contributed by atoms with van der Waals surface area (Å²) in [5.41, 5.74) is -0.196. The highest BCUT2D eigenvalue weighted by molar-refractivity contribution is 5.41. The van der Waals surface area contributed by atoms with Crippen LogP contribution in [0.1, 0.15) is 6.42 Å².